The highest BCUT2D eigenvalue weighted by Crippen LogP contribution is 2.20. The van der Waals surface area contributed by atoms with Gasteiger partial charge in [0, 0.05) is 18.7 Å². The number of nitrogens with zero attached hydrogens (tertiary/aromatic N) is 2. The van der Waals surface area contributed by atoms with Gasteiger partial charge in [0.25, 0.3) is 0 Å². The summed E-state index contributed by atoms with van der Waals surface area (Å²) in [6, 6.07) is 12.2. The number of benzene rings is 1. The van der Waals surface area contributed by atoms with Gasteiger partial charge in [0.1, 0.15) is 0 Å². The average Bonchev–Trinajstić information content (AvgIpc) is 2.62. The molecule has 0 bridgehead atoms. The van der Waals surface area contributed by atoms with Crippen molar-refractivity contribution >= 4 is 0 Å². The van der Waals surface area contributed by atoms with Crippen LogP contribution in [0.4, 0.5) is 0 Å². The van der Waals surface area contributed by atoms with E-state index in [1.54, 1.807) is 0 Å². The molecule has 3 nitrogen and oxygen atoms in total. The van der Waals surface area contributed by atoms with Gasteiger partial charge in [0.05, 0.1) is 11.4 Å². The maximum absolute atomic E-state index is 5.85. The van der Waals surface area contributed by atoms with Crippen molar-refractivity contribution in [3.05, 3.63) is 42.1 Å². The second-order valence-corrected chi connectivity index (χ2v) is 3.73. The summed E-state index contributed by atoms with van der Waals surface area (Å²) in [5.74, 6) is 0. The normalized spacial score (nSPS) is 12.7. The van der Waals surface area contributed by atoms with Crippen LogP contribution in [0.25, 0.3) is 11.3 Å². The molecule has 2 aromatic rings. The highest BCUT2D eigenvalue weighted by atomic mass is 15.3. The second kappa shape index (κ2) is 3.87. The van der Waals surface area contributed by atoms with Crippen molar-refractivity contribution in [3.8, 4) is 11.3 Å². The molecule has 1 aromatic carbocycles. The Morgan fingerprint density at radius 1 is 1.27 bits per heavy atom. The minimum Gasteiger partial charge on any atom is -0.323 e. The van der Waals surface area contributed by atoms with Crippen molar-refractivity contribution in [3.63, 3.8) is 0 Å². The third-order valence-corrected chi connectivity index (χ3v) is 2.45. The Hall–Kier alpha value is -1.61. The lowest BCUT2D eigenvalue weighted by Gasteiger charge is -2.03. The molecule has 15 heavy (non-hydrogen) atoms. The van der Waals surface area contributed by atoms with E-state index in [0.717, 1.165) is 17.0 Å². The van der Waals surface area contributed by atoms with Gasteiger partial charge in [-0.1, -0.05) is 30.3 Å². The molecule has 0 amide bonds. The molecule has 1 aromatic heterocycles. The van der Waals surface area contributed by atoms with Gasteiger partial charge in [-0.25, -0.2) is 0 Å². The lowest BCUT2D eigenvalue weighted by molar-refractivity contribution is 0.655. The summed E-state index contributed by atoms with van der Waals surface area (Å²) < 4.78 is 1.84. The van der Waals surface area contributed by atoms with Crippen LogP contribution in [-0.4, -0.2) is 9.78 Å². The Kier molecular flexibility index (Phi) is 2.56. The first-order valence-corrected chi connectivity index (χ1v) is 5.03. The van der Waals surface area contributed by atoms with Crippen LogP contribution in [0.3, 0.4) is 0 Å². The molecule has 0 aliphatic rings. The quantitative estimate of drug-likeness (QED) is 0.808. The van der Waals surface area contributed by atoms with Gasteiger partial charge in [-0.3, -0.25) is 4.68 Å². The van der Waals surface area contributed by atoms with Gasteiger partial charge < -0.3 is 5.73 Å². The van der Waals surface area contributed by atoms with Crippen LogP contribution in [0.2, 0.25) is 0 Å². The van der Waals surface area contributed by atoms with E-state index in [-0.39, 0.29) is 6.04 Å². The monoisotopic (exact) mass is 201 g/mol. The Labute approximate surface area is 89.5 Å². The van der Waals surface area contributed by atoms with Crippen molar-refractivity contribution < 1.29 is 0 Å². The maximum Gasteiger partial charge on any atom is 0.0926 e. The van der Waals surface area contributed by atoms with Crippen LogP contribution in [0.1, 0.15) is 18.7 Å². The van der Waals surface area contributed by atoms with Crippen LogP contribution in [0, 0.1) is 0 Å². The van der Waals surface area contributed by atoms with Gasteiger partial charge in [-0.15, -0.1) is 0 Å². The van der Waals surface area contributed by atoms with Gasteiger partial charge in [-0.05, 0) is 13.0 Å². The minimum absolute atomic E-state index is 0.0139. The third-order valence-electron chi connectivity index (χ3n) is 2.45. The summed E-state index contributed by atoms with van der Waals surface area (Å²) in [5.41, 5.74) is 9.00. The Balaban J connectivity index is 2.43. The minimum atomic E-state index is 0.0139. The first-order valence-electron chi connectivity index (χ1n) is 5.03. The van der Waals surface area contributed by atoms with Crippen LogP contribution >= 0.6 is 0 Å². The number of aromatic nitrogens is 2. The van der Waals surface area contributed by atoms with Gasteiger partial charge >= 0.3 is 0 Å². The topological polar surface area (TPSA) is 43.8 Å². The number of nitrogens with two attached hydrogens (primary N) is 1. The molecule has 78 valence electrons. The van der Waals surface area contributed by atoms with Crippen molar-refractivity contribution in [2.45, 2.75) is 13.0 Å². The molecular weight excluding hydrogens is 186 g/mol. The first-order chi connectivity index (χ1) is 7.18. The SMILES string of the molecule is CC(N)c1cc(-c2ccccc2)nn1C. The molecule has 0 radical (unpaired) electrons. The van der Waals surface area contributed by atoms with E-state index in [4.69, 9.17) is 5.73 Å². The average molecular weight is 201 g/mol. The molecule has 1 unspecified atom stereocenters. The predicted octanol–water partition coefficient (Wildman–Crippen LogP) is 2.11. The molecule has 1 heterocycles. The molecule has 0 saturated carbocycles. The molecule has 0 saturated heterocycles. The zero-order valence-electron chi connectivity index (χ0n) is 9.01. The molecule has 0 fully saturated rings. The molecule has 0 aliphatic heterocycles. The fourth-order valence-electron chi connectivity index (χ4n) is 1.66. The van der Waals surface area contributed by atoms with E-state index in [9.17, 15) is 0 Å². The summed E-state index contributed by atoms with van der Waals surface area (Å²) in [6.07, 6.45) is 0. The molecule has 1 atom stereocenters. The maximum atomic E-state index is 5.85. The van der Waals surface area contributed by atoms with Crippen LogP contribution in [0.5, 0.6) is 0 Å². The lowest BCUT2D eigenvalue weighted by atomic mass is 10.1. The zero-order valence-corrected chi connectivity index (χ0v) is 9.01. The molecular formula is C12H15N3. The fourth-order valence-corrected chi connectivity index (χ4v) is 1.66. The van der Waals surface area contributed by atoms with Crippen LogP contribution < -0.4 is 5.73 Å². The highest BCUT2D eigenvalue weighted by molar-refractivity contribution is 5.59. The molecule has 0 aliphatic carbocycles. The van der Waals surface area contributed by atoms with Gasteiger partial charge in [-0.2, -0.15) is 5.10 Å². The standard InChI is InChI=1S/C12H15N3/c1-9(13)12-8-11(14-15(12)2)10-6-4-3-5-7-10/h3-9H,13H2,1-2H3. The smallest absolute Gasteiger partial charge is 0.0926 e. The summed E-state index contributed by atoms with van der Waals surface area (Å²) in [6.45, 7) is 1.96. The number of hydrogen-bond acceptors (Lipinski definition) is 2. The third kappa shape index (κ3) is 1.92. The Morgan fingerprint density at radius 2 is 1.93 bits per heavy atom. The van der Waals surface area contributed by atoms with E-state index in [2.05, 4.69) is 5.10 Å². The molecule has 2 N–H and O–H groups in total. The lowest BCUT2D eigenvalue weighted by Crippen LogP contribution is -2.10. The molecule has 3 heteroatoms. The number of rotatable bonds is 2. The van der Waals surface area contributed by atoms with E-state index in [1.165, 1.54) is 0 Å². The summed E-state index contributed by atoms with van der Waals surface area (Å²) in [5, 5.41) is 4.44. The van der Waals surface area contributed by atoms with E-state index in [0.29, 0.717) is 0 Å². The largest absolute Gasteiger partial charge is 0.323 e. The van der Waals surface area contributed by atoms with E-state index in [1.807, 2.05) is 55.1 Å². The predicted molar refractivity (Wildman–Crippen MR) is 61.2 cm³/mol. The highest BCUT2D eigenvalue weighted by Gasteiger charge is 2.09. The summed E-state index contributed by atoms with van der Waals surface area (Å²) in [7, 11) is 1.92. The van der Waals surface area contributed by atoms with Crippen molar-refractivity contribution in [2.75, 3.05) is 0 Å². The van der Waals surface area contributed by atoms with Gasteiger partial charge in [0.15, 0.2) is 0 Å². The first kappa shape index (κ1) is 9.93. The van der Waals surface area contributed by atoms with E-state index < -0.39 is 0 Å². The number of hydrogen-bond donors (Lipinski definition) is 1. The number of aryl methyl sites for hydroxylation is 1. The van der Waals surface area contributed by atoms with Crippen molar-refractivity contribution in [2.24, 2.45) is 12.8 Å². The van der Waals surface area contributed by atoms with Gasteiger partial charge in [0.2, 0.25) is 0 Å². The Morgan fingerprint density at radius 3 is 2.47 bits per heavy atom. The van der Waals surface area contributed by atoms with Crippen molar-refractivity contribution in [1.82, 2.24) is 9.78 Å². The molecule has 2 rings (SSSR count). The summed E-state index contributed by atoms with van der Waals surface area (Å²) >= 11 is 0. The van der Waals surface area contributed by atoms with Crippen molar-refractivity contribution in [1.29, 1.82) is 0 Å². The second-order valence-electron chi connectivity index (χ2n) is 3.73. The Bertz CT molecular complexity index is 443. The molecule has 0 spiro atoms. The fraction of sp³-hybridized carbons (Fsp3) is 0.250. The summed E-state index contributed by atoms with van der Waals surface area (Å²) in [4.78, 5) is 0. The van der Waals surface area contributed by atoms with E-state index >= 15 is 0 Å². The van der Waals surface area contributed by atoms with Crippen LogP contribution in [-0.2, 0) is 7.05 Å². The van der Waals surface area contributed by atoms with Crippen LogP contribution in [0.15, 0.2) is 36.4 Å². The zero-order chi connectivity index (χ0) is 10.8.